The fraction of sp³-hybridized carbons (Fsp3) is 0.947. The Morgan fingerprint density at radius 3 is 1.85 bits per heavy atom. The fourth-order valence-electron chi connectivity index (χ4n) is 4.86. The quantitative estimate of drug-likeness (QED) is 0.619. The zero-order valence-corrected chi connectivity index (χ0v) is 15.3. The number of carbonyl (C=O) groups is 1. The second-order valence-corrected chi connectivity index (χ2v) is 8.24. The van der Waals surface area contributed by atoms with Crippen molar-refractivity contribution in [1.82, 2.24) is 0 Å². The molecule has 0 amide bonds. The number of hydrogen-bond acceptors (Lipinski definition) is 2. The fourth-order valence-corrected chi connectivity index (χ4v) is 4.86. The highest BCUT2D eigenvalue weighted by atomic mass is 19.3. The van der Waals surface area contributed by atoms with Gasteiger partial charge in [-0.15, -0.1) is 0 Å². The van der Waals surface area contributed by atoms with Gasteiger partial charge in [-0.1, -0.05) is 0 Å². The third-order valence-electron chi connectivity index (χ3n) is 6.49. The van der Waals surface area contributed by atoms with Crippen LogP contribution in [0.25, 0.3) is 0 Å². The third kappa shape index (κ3) is 5.40. The van der Waals surface area contributed by atoms with Crippen LogP contribution in [0.15, 0.2) is 0 Å². The molecule has 0 saturated heterocycles. The number of halogens is 5. The van der Waals surface area contributed by atoms with E-state index in [9.17, 15) is 26.7 Å². The summed E-state index contributed by atoms with van der Waals surface area (Å²) in [5.74, 6) is 0.114. The minimum absolute atomic E-state index is 0. The number of carbonyl (C=O) groups excluding carboxylic acids is 1. The van der Waals surface area contributed by atoms with Gasteiger partial charge >= 0.3 is 6.11 Å². The van der Waals surface area contributed by atoms with Gasteiger partial charge < -0.3 is 10.2 Å². The van der Waals surface area contributed by atoms with Crippen molar-refractivity contribution in [3.63, 3.8) is 0 Å². The van der Waals surface area contributed by atoms with Crippen molar-refractivity contribution in [2.45, 2.75) is 94.9 Å². The molecule has 3 nitrogen and oxygen atoms in total. The number of hydrogen-bond donors (Lipinski definition) is 0. The molecule has 0 heterocycles. The molecule has 162 valence electrons. The van der Waals surface area contributed by atoms with Gasteiger partial charge in [-0.2, -0.15) is 8.78 Å². The lowest BCUT2D eigenvalue weighted by molar-refractivity contribution is -0.306. The molecular formula is C19H33F5O3. The van der Waals surface area contributed by atoms with Crippen LogP contribution in [0.4, 0.5) is 22.0 Å². The number of ether oxygens (including phenoxy) is 1. The van der Waals surface area contributed by atoms with Crippen LogP contribution in [-0.4, -0.2) is 42.0 Å². The summed E-state index contributed by atoms with van der Waals surface area (Å²) >= 11 is 0. The Kier molecular flexibility index (Phi) is 7.64. The molecule has 8 heteroatoms. The van der Waals surface area contributed by atoms with Crippen molar-refractivity contribution in [3.8, 4) is 0 Å². The lowest BCUT2D eigenvalue weighted by Gasteiger charge is -2.39. The summed E-state index contributed by atoms with van der Waals surface area (Å²) in [7, 11) is 0. The molecule has 0 aromatic rings. The first-order chi connectivity index (χ1) is 12.3. The van der Waals surface area contributed by atoms with Crippen molar-refractivity contribution in [2.24, 2.45) is 17.8 Å². The first-order valence-corrected chi connectivity index (χ1v) is 9.75. The highest BCUT2D eigenvalue weighted by Crippen LogP contribution is 2.45. The minimum Gasteiger partial charge on any atom is -0.412 e. The molecule has 3 saturated carbocycles. The zero-order chi connectivity index (χ0) is 18.9. The topological polar surface area (TPSA) is 57.8 Å². The van der Waals surface area contributed by atoms with Gasteiger partial charge in [-0.3, -0.25) is 4.79 Å². The lowest BCUT2D eigenvalue weighted by Crippen LogP contribution is -2.45. The van der Waals surface area contributed by atoms with Crippen LogP contribution in [0, 0.1) is 17.8 Å². The molecule has 0 aliphatic heterocycles. The molecule has 0 aromatic carbocycles. The van der Waals surface area contributed by atoms with Crippen LogP contribution in [0.1, 0.15) is 67.1 Å². The minimum atomic E-state index is -3.44. The Morgan fingerprint density at radius 1 is 0.852 bits per heavy atom. The highest BCUT2D eigenvalue weighted by molar-refractivity contribution is 5.79. The maximum absolute atomic E-state index is 14.5. The van der Waals surface area contributed by atoms with E-state index >= 15 is 0 Å². The summed E-state index contributed by atoms with van der Waals surface area (Å²) in [4.78, 5) is 11.3. The Morgan fingerprint density at radius 2 is 1.33 bits per heavy atom. The van der Waals surface area contributed by atoms with Crippen molar-refractivity contribution in [2.75, 3.05) is 0 Å². The molecule has 0 bridgehead atoms. The lowest BCUT2D eigenvalue weighted by atomic mass is 9.70. The van der Waals surface area contributed by atoms with Gasteiger partial charge in [-0.25, -0.2) is 13.2 Å². The summed E-state index contributed by atoms with van der Waals surface area (Å²) in [5, 5.41) is 0. The van der Waals surface area contributed by atoms with E-state index in [1.165, 1.54) is 0 Å². The third-order valence-corrected chi connectivity index (χ3v) is 6.49. The Balaban J connectivity index is 0.00000261. The van der Waals surface area contributed by atoms with Gasteiger partial charge in [-0.05, 0) is 50.4 Å². The molecule has 0 aromatic heterocycles. The largest absolute Gasteiger partial charge is 0.412 e. The molecule has 2 unspecified atom stereocenters. The molecule has 0 radical (unpaired) electrons. The predicted octanol–water partition coefficient (Wildman–Crippen LogP) is 5.01. The predicted molar refractivity (Wildman–Crippen MR) is 94.0 cm³/mol. The first kappa shape index (κ1) is 22.5. The Labute approximate surface area is 159 Å². The van der Waals surface area contributed by atoms with Gasteiger partial charge in [0.1, 0.15) is 18.1 Å². The summed E-state index contributed by atoms with van der Waals surface area (Å²) in [5.41, 5.74) is 0. The van der Waals surface area contributed by atoms with Crippen LogP contribution in [0.5, 0.6) is 0 Å². The number of alkyl halides is 5. The van der Waals surface area contributed by atoms with E-state index in [-0.39, 0.29) is 14.1 Å². The number of rotatable bonds is 4. The molecule has 2 atom stereocenters. The molecule has 3 rings (SSSR count). The van der Waals surface area contributed by atoms with Crippen LogP contribution in [0.3, 0.4) is 0 Å². The van der Waals surface area contributed by atoms with Gasteiger partial charge in [0.15, 0.2) is 6.17 Å². The second-order valence-electron chi connectivity index (χ2n) is 8.24. The first-order valence-electron chi connectivity index (χ1n) is 9.75. The highest BCUT2D eigenvalue weighted by Gasteiger charge is 2.48. The Hall–Kier alpha value is -0.760. The van der Waals surface area contributed by atoms with E-state index in [4.69, 9.17) is 4.74 Å². The van der Waals surface area contributed by atoms with E-state index in [1.807, 2.05) is 0 Å². The summed E-state index contributed by atoms with van der Waals surface area (Å²) in [6.45, 7) is 0. The maximum Gasteiger partial charge on any atom is 0.358 e. The molecule has 3 aliphatic rings. The smallest absolute Gasteiger partial charge is 0.358 e. The van der Waals surface area contributed by atoms with Gasteiger partial charge in [0.2, 0.25) is 0 Å². The SMILES string of the molecule is O.O=C1CCC(C2CCC(C(F)(F)OC3CC(F)C(F)C(F)C3)CC2)CC1.[HH].[HH]. The van der Waals surface area contributed by atoms with Crippen molar-refractivity contribution >= 4 is 5.78 Å². The van der Waals surface area contributed by atoms with E-state index in [1.54, 1.807) is 0 Å². The van der Waals surface area contributed by atoms with Crippen molar-refractivity contribution in [3.05, 3.63) is 0 Å². The summed E-state index contributed by atoms with van der Waals surface area (Å²) in [6.07, 6.45) is -7.39. The van der Waals surface area contributed by atoms with Gasteiger partial charge in [0.25, 0.3) is 0 Å². The number of Topliss-reactive ketones (excluding diaryl/α,β-unsaturated/α-hetero) is 1. The normalized spacial score (nSPS) is 39.1. The monoisotopic (exact) mass is 404 g/mol. The van der Waals surface area contributed by atoms with Crippen LogP contribution in [-0.2, 0) is 9.53 Å². The average Bonchev–Trinajstić information content (AvgIpc) is 2.60. The van der Waals surface area contributed by atoms with E-state index in [0.29, 0.717) is 50.4 Å². The van der Waals surface area contributed by atoms with Crippen molar-refractivity contribution < 1.29 is 39.8 Å². The van der Waals surface area contributed by atoms with Gasteiger partial charge in [0.05, 0.1) is 12.0 Å². The molecule has 2 N–H and O–H groups in total. The molecule has 0 spiro atoms. The van der Waals surface area contributed by atoms with E-state index in [0.717, 1.165) is 12.8 Å². The molecule has 27 heavy (non-hydrogen) atoms. The van der Waals surface area contributed by atoms with E-state index < -0.39 is 49.5 Å². The molecule has 3 fully saturated rings. The molecular weight excluding hydrogens is 371 g/mol. The second kappa shape index (κ2) is 9.16. The summed E-state index contributed by atoms with van der Waals surface area (Å²) in [6, 6.07) is 0. The number of ketones is 1. The average molecular weight is 404 g/mol. The van der Waals surface area contributed by atoms with E-state index in [2.05, 4.69) is 0 Å². The maximum atomic E-state index is 14.5. The molecule has 3 aliphatic carbocycles. The van der Waals surface area contributed by atoms with Gasteiger partial charge in [0, 0.05) is 28.5 Å². The standard InChI is InChI=1S/C19H27F5O2.H2O.2H2/c20-16-9-15(10-17(21)18(16)22)26-19(23,24)13-5-1-11(2-6-13)12-3-7-14(25)8-4-12;;;/h11-13,15-18H,1-10H2;1H2;2*1H. The van der Waals surface area contributed by atoms with Crippen LogP contribution >= 0.6 is 0 Å². The zero-order valence-electron chi connectivity index (χ0n) is 15.3. The van der Waals surface area contributed by atoms with Crippen LogP contribution in [0.2, 0.25) is 0 Å². The Bertz CT molecular complexity index is 484. The summed E-state index contributed by atoms with van der Waals surface area (Å²) < 4.78 is 73.7. The van der Waals surface area contributed by atoms with Crippen molar-refractivity contribution in [1.29, 1.82) is 0 Å². The van der Waals surface area contributed by atoms with Crippen LogP contribution < -0.4 is 0 Å².